The minimum atomic E-state index is -0.798. The molecule has 0 N–H and O–H groups in total. The molecule has 0 aliphatic heterocycles. The van der Waals surface area contributed by atoms with Gasteiger partial charge in [-0.2, -0.15) is 0 Å². The maximum absolute atomic E-state index is 12.8. The number of esters is 3. The van der Waals surface area contributed by atoms with Crippen LogP contribution in [0.25, 0.3) is 0 Å². The summed E-state index contributed by atoms with van der Waals surface area (Å²) in [5.74, 6) is -0.962. The quantitative estimate of drug-likeness (QED) is 0.0261. The van der Waals surface area contributed by atoms with Gasteiger partial charge in [-0.15, -0.1) is 0 Å². The summed E-state index contributed by atoms with van der Waals surface area (Å²) in [5.41, 5.74) is 0. The molecule has 0 fully saturated rings. The predicted molar refractivity (Wildman–Crippen MR) is 316 cm³/mol. The lowest BCUT2D eigenvalue weighted by molar-refractivity contribution is -0.167. The van der Waals surface area contributed by atoms with Crippen LogP contribution < -0.4 is 0 Å². The van der Waals surface area contributed by atoms with E-state index in [9.17, 15) is 14.4 Å². The Hall–Kier alpha value is -3.93. The summed E-state index contributed by atoms with van der Waals surface area (Å²) in [4.78, 5) is 37.9. The summed E-state index contributed by atoms with van der Waals surface area (Å²) in [5, 5.41) is 0. The fourth-order valence-electron chi connectivity index (χ4n) is 8.27. The number of ether oxygens (including phenoxy) is 3. The van der Waals surface area contributed by atoms with Gasteiger partial charge in [-0.05, 0) is 83.5 Å². The van der Waals surface area contributed by atoms with Crippen molar-refractivity contribution in [2.45, 2.75) is 284 Å². The third-order valence-corrected chi connectivity index (χ3v) is 12.8. The lowest BCUT2D eigenvalue weighted by Crippen LogP contribution is -2.30. The van der Waals surface area contributed by atoms with Crippen molar-refractivity contribution in [1.82, 2.24) is 0 Å². The lowest BCUT2D eigenvalue weighted by atomic mass is 10.0. The molecule has 0 heterocycles. The van der Waals surface area contributed by atoms with Crippen LogP contribution in [0.5, 0.6) is 0 Å². The molecule has 0 aliphatic rings. The highest BCUT2D eigenvalue weighted by atomic mass is 16.6. The molecule has 1 atom stereocenters. The van der Waals surface area contributed by atoms with Crippen LogP contribution in [0.2, 0.25) is 0 Å². The SMILES string of the molecule is CC/C=C\C/C=C\C/C=C\C/C=C\C/C=C\C/C=C\C/C=C\C/C=C\C/C=C\CCCC(=O)OCC(COC(=O)CCCCCCCC)OC(=O)CCCCCCCCCCCCCCCCCCCCCC. The van der Waals surface area contributed by atoms with E-state index < -0.39 is 6.10 Å². The fourth-order valence-corrected chi connectivity index (χ4v) is 8.27. The number of rotatable bonds is 54. The van der Waals surface area contributed by atoms with Crippen molar-refractivity contribution in [2.24, 2.45) is 0 Å². The van der Waals surface area contributed by atoms with Crippen molar-refractivity contribution in [2.75, 3.05) is 13.2 Å². The molecule has 6 heteroatoms. The Balaban J connectivity index is 4.24. The van der Waals surface area contributed by atoms with Crippen LogP contribution in [0.15, 0.2) is 109 Å². The number of allylic oxidation sites excluding steroid dienone is 18. The van der Waals surface area contributed by atoms with Crippen molar-refractivity contribution in [3.05, 3.63) is 109 Å². The average molecular weight is 1010 g/mol. The van der Waals surface area contributed by atoms with Crippen LogP contribution in [0.3, 0.4) is 0 Å². The van der Waals surface area contributed by atoms with Crippen LogP contribution in [-0.4, -0.2) is 37.2 Å². The zero-order valence-electron chi connectivity index (χ0n) is 47.6. The Bertz CT molecular complexity index is 1490. The first-order chi connectivity index (χ1) is 36.0. The number of carbonyl (C=O) groups is 3. The minimum Gasteiger partial charge on any atom is -0.462 e. The summed E-state index contributed by atoms with van der Waals surface area (Å²) in [7, 11) is 0. The fraction of sp³-hybridized carbons (Fsp3) is 0.687. The highest BCUT2D eigenvalue weighted by Gasteiger charge is 2.19. The molecule has 0 aromatic heterocycles. The van der Waals surface area contributed by atoms with Gasteiger partial charge < -0.3 is 14.2 Å². The smallest absolute Gasteiger partial charge is 0.306 e. The molecule has 6 nitrogen and oxygen atoms in total. The standard InChI is InChI=1S/C67H112O6/c1-4-7-10-13-16-18-20-22-24-26-28-30-31-32-33-34-35-36-37-38-40-41-43-45-47-49-51-54-57-60-66(69)72-63-64(62-71-65(68)59-56-53-15-12-9-6-3)73-67(70)61-58-55-52-50-48-46-44-42-39-29-27-25-23-21-19-17-14-11-8-5-2/h7,10,16,18,22,24,28,30,32-33,35-36,38,40,43,45,49,51,64H,4-6,8-9,11-15,17,19-21,23,25-27,29,31,34,37,39,41-42,44,46-48,50,52-63H2,1-3H3/b10-7-,18-16-,24-22-,30-28-,33-32-,36-35-,40-38-,45-43-,51-49-. The van der Waals surface area contributed by atoms with E-state index in [1.807, 2.05) is 0 Å². The largest absolute Gasteiger partial charge is 0.462 e. The molecular formula is C67H112O6. The van der Waals surface area contributed by atoms with E-state index >= 15 is 0 Å². The van der Waals surface area contributed by atoms with Crippen LogP contribution in [-0.2, 0) is 28.6 Å². The second-order valence-corrected chi connectivity index (χ2v) is 19.9. The number of hydrogen-bond donors (Lipinski definition) is 0. The molecule has 0 aromatic carbocycles. The van der Waals surface area contributed by atoms with Gasteiger partial charge >= 0.3 is 17.9 Å². The summed E-state index contributed by atoms with van der Waals surface area (Å²) < 4.78 is 16.7. The van der Waals surface area contributed by atoms with Gasteiger partial charge in [0.2, 0.25) is 0 Å². The predicted octanol–water partition coefficient (Wildman–Crippen LogP) is 20.7. The molecule has 0 bridgehead atoms. The molecule has 0 spiro atoms. The molecule has 0 amide bonds. The van der Waals surface area contributed by atoms with Gasteiger partial charge in [0.05, 0.1) is 0 Å². The number of hydrogen-bond acceptors (Lipinski definition) is 6. The Morgan fingerprint density at radius 2 is 0.534 bits per heavy atom. The highest BCUT2D eigenvalue weighted by Crippen LogP contribution is 2.16. The average Bonchev–Trinajstić information content (AvgIpc) is 3.39. The Kier molecular flexibility index (Phi) is 57.4. The van der Waals surface area contributed by atoms with Crippen LogP contribution in [0, 0.1) is 0 Å². The molecule has 0 saturated carbocycles. The van der Waals surface area contributed by atoms with Gasteiger partial charge in [-0.25, -0.2) is 0 Å². The van der Waals surface area contributed by atoms with Gasteiger partial charge in [-0.3, -0.25) is 14.4 Å². The summed E-state index contributed by atoms with van der Waals surface area (Å²) in [6.45, 7) is 6.43. The monoisotopic (exact) mass is 1010 g/mol. The first-order valence-electron chi connectivity index (χ1n) is 30.4. The Morgan fingerprint density at radius 3 is 0.836 bits per heavy atom. The second-order valence-electron chi connectivity index (χ2n) is 19.9. The van der Waals surface area contributed by atoms with E-state index in [4.69, 9.17) is 14.2 Å². The Morgan fingerprint density at radius 1 is 0.288 bits per heavy atom. The molecule has 73 heavy (non-hydrogen) atoms. The third kappa shape index (κ3) is 58.8. The zero-order chi connectivity index (χ0) is 52.9. The molecule has 0 aliphatic carbocycles. The highest BCUT2D eigenvalue weighted by molar-refractivity contribution is 5.71. The van der Waals surface area contributed by atoms with Crippen molar-refractivity contribution in [1.29, 1.82) is 0 Å². The van der Waals surface area contributed by atoms with Crippen LogP contribution in [0.1, 0.15) is 278 Å². The third-order valence-electron chi connectivity index (χ3n) is 12.8. The van der Waals surface area contributed by atoms with Crippen LogP contribution in [0.4, 0.5) is 0 Å². The molecule has 0 saturated heterocycles. The second kappa shape index (κ2) is 60.6. The van der Waals surface area contributed by atoms with E-state index in [1.54, 1.807) is 0 Å². The zero-order valence-corrected chi connectivity index (χ0v) is 47.6. The normalized spacial score (nSPS) is 12.9. The van der Waals surface area contributed by atoms with E-state index in [2.05, 4.69) is 130 Å². The van der Waals surface area contributed by atoms with Gasteiger partial charge in [0.25, 0.3) is 0 Å². The first-order valence-corrected chi connectivity index (χ1v) is 30.4. The minimum absolute atomic E-state index is 0.0948. The number of carbonyl (C=O) groups excluding carboxylic acids is 3. The first kappa shape index (κ1) is 69.1. The topological polar surface area (TPSA) is 78.9 Å². The molecule has 0 radical (unpaired) electrons. The molecule has 416 valence electrons. The maximum Gasteiger partial charge on any atom is 0.306 e. The van der Waals surface area contributed by atoms with Crippen molar-refractivity contribution >= 4 is 17.9 Å². The summed E-state index contributed by atoms with van der Waals surface area (Å²) in [6.07, 6.45) is 82.7. The van der Waals surface area contributed by atoms with Gasteiger partial charge in [0.1, 0.15) is 13.2 Å². The van der Waals surface area contributed by atoms with E-state index in [0.29, 0.717) is 19.3 Å². The summed E-state index contributed by atoms with van der Waals surface area (Å²) >= 11 is 0. The van der Waals surface area contributed by atoms with Gasteiger partial charge in [-0.1, -0.05) is 284 Å². The molecule has 0 rings (SSSR count). The molecular weight excluding hydrogens is 901 g/mol. The van der Waals surface area contributed by atoms with Gasteiger partial charge in [0.15, 0.2) is 6.10 Å². The number of unbranched alkanes of at least 4 members (excludes halogenated alkanes) is 25. The van der Waals surface area contributed by atoms with Gasteiger partial charge in [0, 0.05) is 19.3 Å². The van der Waals surface area contributed by atoms with Crippen molar-refractivity contribution in [3.63, 3.8) is 0 Å². The van der Waals surface area contributed by atoms with Crippen molar-refractivity contribution in [3.8, 4) is 0 Å². The Labute approximate surface area is 450 Å². The van der Waals surface area contributed by atoms with Crippen molar-refractivity contribution < 1.29 is 28.6 Å². The lowest BCUT2D eigenvalue weighted by Gasteiger charge is -2.18. The van der Waals surface area contributed by atoms with E-state index in [1.165, 1.54) is 128 Å². The van der Waals surface area contributed by atoms with E-state index in [-0.39, 0.29) is 37.5 Å². The van der Waals surface area contributed by atoms with E-state index in [0.717, 1.165) is 103 Å². The molecule has 0 aromatic rings. The van der Waals surface area contributed by atoms with Crippen LogP contribution >= 0.6 is 0 Å². The summed E-state index contributed by atoms with van der Waals surface area (Å²) in [6, 6.07) is 0. The maximum atomic E-state index is 12.8. The molecule has 1 unspecified atom stereocenters.